The van der Waals surface area contributed by atoms with Crippen molar-refractivity contribution in [2.75, 3.05) is 80.2 Å². The average Bonchev–Trinajstić information content (AvgIpc) is 2.80. The highest BCUT2D eigenvalue weighted by Gasteiger charge is 2.24. The molecule has 0 aromatic carbocycles. The van der Waals surface area contributed by atoms with Crippen LogP contribution in [0.4, 0.5) is 21.8 Å². The van der Waals surface area contributed by atoms with E-state index in [2.05, 4.69) is 34.9 Å². The largest absolute Gasteiger partial charge is 0.395 e. The molecule has 2 aliphatic rings. The van der Waals surface area contributed by atoms with Crippen molar-refractivity contribution in [2.24, 2.45) is 0 Å². The summed E-state index contributed by atoms with van der Waals surface area (Å²) in [6.45, 7) is 9.25. The summed E-state index contributed by atoms with van der Waals surface area (Å²) in [6, 6.07) is 4.03. The summed E-state index contributed by atoms with van der Waals surface area (Å²) in [7, 11) is 0. The zero-order valence-corrected chi connectivity index (χ0v) is 17.4. The molecule has 4 heterocycles. The molecule has 2 aromatic heterocycles. The molecule has 0 saturated carbocycles. The third kappa shape index (κ3) is 4.44. The van der Waals surface area contributed by atoms with Crippen LogP contribution in [0.5, 0.6) is 0 Å². The van der Waals surface area contributed by atoms with Crippen molar-refractivity contribution in [3.8, 4) is 0 Å². The molecule has 162 valence electrons. The van der Waals surface area contributed by atoms with Crippen LogP contribution in [-0.2, 0) is 6.42 Å². The van der Waals surface area contributed by atoms with Crippen LogP contribution >= 0.6 is 0 Å². The Morgan fingerprint density at radius 2 is 1.43 bits per heavy atom. The number of aromatic nitrogens is 4. The molecule has 0 amide bonds. The fourth-order valence-corrected chi connectivity index (χ4v) is 4.01. The minimum absolute atomic E-state index is 0.200. The van der Waals surface area contributed by atoms with E-state index in [0.717, 1.165) is 57.4 Å². The molecule has 10 heteroatoms. The Hall–Kier alpha value is -2.59. The van der Waals surface area contributed by atoms with Crippen molar-refractivity contribution in [1.82, 2.24) is 25.1 Å². The third-order valence-electron chi connectivity index (χ3n) is 5.83. The maximum absolute atomic E-state index is 14.5. The van der Waals surface area contributed by atoms with E-state index in [1.807, 2.05) is 24.0 Å². The number of piperazine rings is 2. The fraction of sp³-hybridized carbons (Fsp3) is 0.600. The lowest BCUT2D eigenvalue weighted by Crippen LogP contribution is -2.48. The topological polar surface area (TPSA) is 84.8 Å². The minimum Gasteiger partial charge on any atom is -0.395 e. The molecule has 2 saturated heterocycles. The minimum atomic E-state index is -0.309. The van der Waals surface area contributed by atoms with E-state index >= 15 is 0 Å². The van der Waals surface area contributed by atoms with Crippen molar-refractivity contribution in [1.29, 1.82) is 0 Å². The average molecular weight is 417 g/mol. The Bertz CT molecular complexity index is 820. The van der Waals surface area contributed by atoms with Gasteiger partial charge < -0.3 is 19.8 Å². The zero-order valence-electron chi connectivity index (χ0n) is 17.4. The van der Waals surface area contributed by atoms with Crippen LogP contribution in [0.15, 0.2) is 18.5 Å². The smallest absolute Gasteiger partial charge is 0.187 e. The highest BCUT2D eigenvalue weighted by molar-refractivity contribution is 5.48. The number of hydrogen-bond acceptors (Lipinski definition) is 9. The summed E-state index contributed by atoms with van der Waals surface area (Å²) in [5.41, 5.74) is 0.459. The predicted molar refractivity (Wildman–Crippen MR) is 114 cm³/mol. The van der Waals surface area contributed by atoms with Gasteiger partial charge in [-0.2, -0.15) is 0 Å². The maximum atomic E-state index is 14.5. The lowest BCUT2D eigenvalue weighted by molar-refractivity contribution is 0.188. The van der Waals surface area contributed by atoms with E-state index in [1.54, 1.807) is 0 Å². The number of halogens is 1. The Morgan fingerprint density at radius 3 is 1.97 bits per heavy atom. The molecule has 30 heavy (non-hydrogen) atoms. The molecule has 0 atom stereocenters. The van der Waals surface area contributed by atoms with Crippen molar-refractivity contribution < 1.29 is 9.50 Å². The summed E-state index contributed by atoms with van der Waals surface area (Å²) < 4.78 is 14.5. The molecule has 2 fully saturated rings. The molecule has 0 aliphatic carbocycles. The van der Waals surface area contributed by atoms with Crippen molar-refractivity contribution in [3.63, 3.8) is 0 Å². The second-order valence-corrected chi connectivity index (χ2v) is 7.59. The first-order chi connectivity index (χ1) is 14.7. The summed E-state index contributed by atoms with van der Waals surface area (Å²) in [4.78, 5) is 16.8. The molecule has 0 unspecified atom stereocenters. The van der Waals surface area contributed by atoms with Crippen molar-refractivity contribution in [2.45, 2.75) is 13.3 Å². The predicted octanol–water partition coefficient (Wildman–Crippen LogP) is 0.409. The van der Waals surface area contributed by atoms with E-state index in [0.29, 0.717) is 31.0 Å². The zero-order chi connectivity index (χ0) is 20.9. The Morgan fingerprint density at radius 1 is 0.867 bits per heavy atom. The molecular weight excluding hydrogens is 387 g/mol. The molecule has 2 aliphatic heterocycles. The van der Waals surface area contributed by atoms with Crippen LogP contribution in [0.3, 0.4) is 0 Å². The van der Waals surface area contributed by atoms with E-state index in [1.165, 1.54) is 6.33 Å². The number of aliphatic hydroxyl groups is 1. The van der Waals surface area contributed by atoms with Crippen LogP contribution in [0.1, 0.15) is 12.6 Å². The van der Waals surface area contributed by atoms with Crippen LogP contribution < -0.4 is 14.7 Å². The van der Waals surface area contributed by atoms with Gasteiger partial charge in [-0.3, -0.25) is 4.90 Å². The van der Waals surface area contributed by atoms with Gasteiger partial charge in [-0.1, -0.05) is 6.92 Å². The number of aliphatic hydroxyl groups excluding tert-OH is 1. The SMILES string of the molecule is CCc1ncnc(N2CCN(c3ccc(N4CCN(CCO)CC4)nn3)CC2)c1F. The molecule has 0 spiro atoms. The van der Waals surface area contributed by atoms with Gasteiger partial charge in [-0.15, -0.1) is 10.2 Å². The second-order valence-electron chi connectivity index (χ2n) is 7.59. The quantitative estimate of drug-likeness (QED) is 0.720. The molecule has 9 nitrogen and oxygen atoms in total. The number of rotatable bonds is 6. The van der Waals surface area contributed by atoms with E-state index < -0.39 is 0 Å². The van der Waals surface area contributed by atoms with Gasteiger partial charge in [-0.25, -0.2) is 14.4 Å². The number of hydrogen-bond donors (Lipinski definition) is 1. The summed E-state index contributed by atoms with van der Waals surface area (Å²) >= 11 is 0. The lowest BCUT2D eigenvalue weighted by atomic mass is 10.2. The normalized spacial score (nSPS) is 18.2. The Labute approximate surface area is 176 Å². The van der Waals surface area contributed by atoms with Crippen LogP contribution in [0.2, 0.25) is 0 Å². The summed E-state index contributed by atoms with van der Waals surface area (Å²) in [6.07, 6.45) is 2.00. The molecule has 0 radical (unpaired) electrons. The van der Waals surface area contributed by atoms with Crippen LogP contribution in [0, 0.1) is 5.82 Å². The van der Waals surface area contributed by atoms with E-state index in [4.69, 9.17) is 5.11 Å². The molecule has 2 aromatic rings. The number of β-amino-alcohol motifs (C(OH)–C–C–N with tert-alkyl or cyclic N) is 1. The Kier molecular flexibility index (Phi) is 6.53. The van der Waals surface area contributed by atoms with Gasteiger partial charge in [0.2, 0.25) is 0 Å². The van der Waals surface area contributed by atoms with Gasteiger partial charge in [-0.05, 0) is 18.6 Å². The standard InChI is InChI=1S/C20H29FN8O/c1-2-16-19(21)20(23-15-22-16)29-11-9-28(10-12-29)18-4-3-17(24-25-18)27-7-5-26(6-8-27)13-14-30/h3-4,15,30H,2,5-14H2,1H3. The first kappa shape index (κ1) is 20.7. The first-order valence-electron chi connectivity index (χ1n) is 10.6. The number of anilines is 3. The molecule has 1 N–H and O–H groups in total. The monoisotopic (exact) mass is 416 g/mol. The summed E-state index contributed by atoms with van der Waals surface area (Å²) in [5, 5.41) is 17.9. The lowest BCUT2D eigenvalue weighted by Gasteiger charge is -2.36. The highest BCUT2D eigenvalue weighted by atomic mass is 19.1. The summed E-state index contributed by atoms with van der Waals surface area (Å²) in [5.74, 6) is 1.81. The third-order valence-corrected chi connectivity index (χ3v) is 5.83. The second kappa shape index (κ2) is 9.48. The van der Waals surface area contributed by atoms with Crippen molar-refractivity contribution in [3.05, 3.63) is 30.0 Å². The van der Waals surface area contributed by atoms with Gasteiger partial charge in [0, 0.05) is 58.9 Å². The number of aryl methyl sites for hydroxylation is 1. The Balaban J connectivity index is 1.33. The van der Waals surface area contributed by atoms with Crippen molar-refractivity contribution >= 4 is 17.5 Å². The first-order valence-corrected chi connectivity index (χ1v) is 10.6. The molecular formula is C20H29FN8O. The van der Waals surface area contributed by atoms with Gasteiger partial charge >= 0.3 is 0 Å². The maximum Gasteiger partial charge on any atom is 0.187 e. The van der Waals surface area contributed by atoms with Gasteiger partial charge in [0.15, 0.2) is 23.3 Å². The van der Waals surface area contributed by atoms with Gasteiger partial charge in [0.1, 0.15) is 6.33 Å². The molecule has 0 bridgehead atoms. The highest BCUT2D eigenvalue weighted by Crippen LogP contribution is 2.22. The fourth-order valence-electron chi connectivity index (χ4n) is 4.01. The van der Waals surface area contributed by atoms with Crippen LogP contribution in [-0.4, -0.2) is 95.7 Å². The van der Waals surface area contributed by atoms with Gasteiger partial charge in [0.05, 0.1) is 12.3 Å². The number of nitrogens with zero attached hydrogens (tertiary/aromatic N) is 8. The molecule has 4 rings (SSSR count). The van der Waals surface area contributed by atoms with Gasteiger partial charge in [0.25, 0.3) is 0 Å². The van der Waals surface area contributed by atoms with E-state index in [-0.39, 0.29) is 12.4 Å². The van der Waals surface area contributed by atoms with E-state index in [9.17, 15) is 4.39 Å². The van der Waals surface area contributed by atoms with Crippen LogP contribution in [0.25, 0.3) is 0 Å².